The van der Waals surface area contributed by atoms with Crippen LogP contribution in [0.2, 0.25) is 0 Å². The van der Waals surface area contributed by atoms with Crippen molar-refractivity contribution in [2.45, 2.75) is 43.5 Å². The summed E-state index contributed by atoms with van der Waals surface area (Å²) in [7, 11) is -4.40. The van der Waals surface area contributed by atoms with Gasteiger partial charge in [-0.15, -0.1) is 0 Å². The van der Waals surface area contributed by atoms with Crippen molar-refractivity contribution in [1.82, 2.24) is 9.62 Å². The van der Waals surface area contributed by atoms with Gasteiger partial charge in [-0.2, -0.15) is 13.1 Å². The van der Waals surface area contributed by atoms with E-state index in [0.717, 1.165) is 23.7 Å². The zero-order chi connectivity index (χ0) is 11.8. The summed E-state index contributed by atoms with van der Waals surface area (Å²) < 4.78 is 48.8. The second-order valence-electron chi connectivity index (χ2n) is 4.40. The number of hydrogen-bond acceptors (Lipinski definition) is 3. The molecule has 2 aliphatic rings. The smallest absolute Gasteiger partial charge is 0.313 e. The number of nitrogens with zero attached hydrogens (tertiary/aromatic N) is 1. The van der Waals surface area contributed by atoms with Crippen LogP contribution in [0.25, 0.3) is 0 Å². The molecule has 1 heterocycles. The van der Waals surface area contributed by atoms with Gasteiger partial charge in [0.15, 0.2) is 0 Å². The summed E-state index contributed by atoms with van der Waals surface area (Å²) in [6, 6.07) is -0.157. The molecule has 16 heavy (non-hydrogen) atoms. The Kier molecular flexibility index (Phi) is 3.46. The second-order valence-corrected chi connectivity index (χ2v) is 6.26. The number of hydrogen-bond donors (Lipinski definition) is 1. The van der Waals surface area contributed by atoms with Crippen LogP contribution in [0, 0.1) is 0 Å². The number of alkyl halides is 2. The topological polar surface area (TPSA) is 49.4 Å². The van der Waals surface area contributed by atoms with E-state index in [2.05, 4.69) is 5.32 Å². The fraction of sp³-hybridized carbons (Fsp3) is 1.00. The molecule has 0 spiro atoms. The van der Waals surface area contributed by atoms with Crippen LogP contribution in [0.4, 0.5) is 8.78 Å². The minimum absolute atomic E-state index is 0.0362. The molecular weight excluding hydrogens is 238 g/mol. The van der Waals surface area contributed by atoms with Gasteiger partial charge < -0.3 is 5.32 Å². The molecule has 2 fully saturated rings. The van der Waals surface area contributed by atoms with Gasteiger partial charge in [-0.25, -0.2) is 8.42 Å². The summed E-state index contributed by atoms with van der Waals surface area (Å²) in [4.78, 5) is 0. The lowest BCUT2D eigenvalue weighted by Gasteiger charge is -2.24. The molecule has 0 amide bonds. The first-order valence-electron chi connectivity index (χ1n) is 5.54. The molecule has 1 saturated carbocycles. The highest BCUT2D eigenvalue weighted by Crippen LogP contribution is 2.32. The zero-order valence-corrected chi connectivity index (χ0v) is 9.72. The molecule has 4 nitrogen and oxygen atoms in total. The van der Waals surface area contributed by atoms with Crippen molar-refractivity contribution in [3.63, 3.8) is 0 Å². The van der Waals surface area contributed by atoms with E-state index in [1.807, 2.05) is 0 Å². The molecule has 1 aliphatic heterocycles. The third-order valence-electron chi connectivity index (χ3n) is 3.07. The lowest BCUT2D eigenvalue weighted by molar-refractivity contribution is 0.215. The van der Waals surface area contributed by atoms with Crippen LogP contribution in [-0.2, 0) is 10.0 Å². The van der Waals surface area contributed by atoms with Gasteiger partial charge in [0.25, 0.3) is 10.0 Å². The Morgan fingerprint density at radius 2 is 2.00 bits per heavy atom. The lowest BCUT2D eigenvalue weighted by atomic mass is 10.2. The van der Waals surface area contributed by atoms with E-state index in [1.54, 1.807) is 0 Å². The molecular formula is C9H16F2N2O2S. The Hall–Kier alpha value is -0.270. The molecule has 0 bridgehead atoms. The number of rotatable bonds is 5. The first-order chi connectivity index (χ1) is 7.51. The maximum Gasteiger partial charge on any atom is 0.350 e. The Morgan fingerprint density at radius 1 is 1.31 bits per heavy atom. The highest BCUT2D eigenvalue weighted by atomic mass is 32.2. The van der Waals surface area contributed by atoms with E-state index in [1.165, 1.54) is 0 Å². The predicted molar refractivity (Wildman–Crippen MR) is 55.7 cm³/mol. The predicted octanol–water partition coefficient (Wildman–Crippen LogP) is 0.755. The molecule has 1 atom stereocenters. The summed E-state index contributed by atoms with van der Waals surface area (Å²) in [5.74, 6) is -3.30. The minimum Gasteiger partial charge on any atom is -0.313 e. The summed E-state index contributed by atoms with van der Waals surface area (Å²) in [5, 5.41) is 3.13. The van der Waals surface area contributed by atoms with Gasteiger partial charge in [0.1, 0.15) is 0 Å². The van der Waals surface area contributed by atoms with Gasteiger partial charge in [0.2, 0.25) is 0 Å². The molecule has 0 aromatic heterocycles. The highest BCUT2D eigenvalue weighted by Gasteiger charge is 2.42. The first kappa shape index (κ1) is 12.2. The SMILES string of the molecule is O=S(=O)(C(F)F)N(CC1CCCN1)C1CC1. The van der Waals surface area contributed by atoms with Crippen LogP contribution in [0.5, 0.6) is 0 Å². The minimum atomic E-state index is -4.40. The molecule has 0 aromatic carbocycles. The largest absolute Gasteiger partial charge is 0.350 e. The van der Waals surface area contributed by atoms with E-state index in [0.29, 0.717) is 12.8 Å². The molecule has 94 valence electrons. The molecule has 0 radical (unpaired) electrons. The van der Waals surface area contributed by atoms with Crippen molar-refractivity contribution in [3.05, 3.63) is 0 Å². The van der Waals surface area contributed by atoms with Crippen LogP contribution in [-0.4, -0.2) is 43.7 Å². The van der Waals surface area contributed by atoms with Crippen molar-refractivity contribution in [2.75, 3.05) is 13.1 Å². The normalized spacial score (nSPS) is 26.9. The van der Waals surface area contributed by atoms with E-state index >= 15 is 0 Å². The Labute approximate surface area is 94.0 Å². The fourth-order valence-corrected chi connectivity index (χ4v) is 3.27. The summed E-state index contributed by atoms with van der Waals surface area (Å²) in [5.41, 5.74) is 0. The Morgan fingerprint density at radius 3 is 2.44 bits per heavy atom. The van der Waals surface area contributed by atoms with E-state index in [-0.39, 0.29) is 18.6 Å². The van der Waals surface area contributed by atoms with Gasteiger partial charge >= 0.3 is 5.76 Å². The maximum absolute atomic E-state index is 12.5. The summed E-state index contributed by atoms with van der Waals surface area (Å²) in [6.45, 7) is 1.04. The van der Waals surface area contributed by atoms with Gasteiger partial charge in [-0.1, -0.05) is 0 Å². The molecule has 1 N–H and O–H groups in total. The monoisotopic (exact) mass is 254 g/mol. The average molecular weight is 254 g/mol. The molecule has 1 saturated heterocycles. The van der Waals surface area contributed by atoms with Gasteiger partial charge in [-0.05, 0) is 32.2 Å². The zero-order valence-electron chi connectivity index (χ0n) is 8.90. The highest BCUT2D eigenvalue weighted by molar-refractivity contribution is 7.89. The molecule has 7 heteroatoms. The Bertz CT molecular complexity index is 337. The third kappa shape index (κ3) is 2.52. The number of nitrogens with one attached hydrogen (secondary N) is 1. The van der Waals surface area contributed by atoms with Crippen LogP contribution < -0.4 is 5.32 Å². The molecule has 2 rings (SSSR count). The second kappa shape index (κ2) is 4.54. The van der Waals surface area contributed by atoms with Crippen LogP contribution in [0.15, 0.2) is 0 Å². The van der Waals surface area contributed by atoms with Crippen LogP contribution in [0.1, 0.15) is 25.7 Å². The van der Waals surface area contributed by atoms with E-state index in [4.69, 9.17) is 0 Å². The van der Waals surface area contributed by atoms with Crippen molar-refractivity contribution in [1.29, 1.82) is 0 Å². The maximum atomic E-state index is 12.5. The van der Waals surface area contributed by atoms with Crippen LogP contribution in [0.3, 0.4) is 0 Å². The Balaban J connectivity index is 2.04. The lowest BCUT2D eigenvalue weighted by Crippen LogP contribution is -2.44. The fourth-order valence-electron chi connectivity index (χ4n) is 2.06. The third-order valence-corrected chi connectivity index (χ3v) is 4.62. The standard InChI is InChI=1S/C9H16F2N2O2S/c10-9(11)16(14,15)13(8-3-4-8)6-7-2-1-5-12-7/h7-9,12H,1-6H2. The molecule has 1 unspecified atom stereocenters. The number of halogens is 2. The van der Waals surface area contributed by atoms with Gasteiger partial charge in [-0.3, -0.25) is 0 Å². The number of sulfonamides is 1. The van der Waals surface area contributed by atoms with Gasteiger partial charge in [0.05, 0.1) is 0 Å². The first-order valence-corrected chi connectivity index (χ1v) is 7.04. The summed E-state index contributed by atoms with van der Waals surface area (Å²) >= 11 is 0. The van der Waals surface area contributed by atoms with Gasteiger partial charge in [0, 0.05) is 18.6 Å². The van der Waals surface area contributed by atoms with Crippen LogP contribution >= 0.6 is 0 Å². The van der Waals surface area contributed by atoms with Crippen molar-refractivity contribution < 1.29 is 17.2 Å². The van der Waals surface area contributed by atoms with Crippen molar-refractivity contribution in [3.8, 4) is 0 Å². The molecule has 1 aliphatic carbocycles. The van der Waals surface area contributed by atoms with Crippen molar-refractivity contribution >= 4 is 10.0 Å². The molecule has 0 aromatic rings. The van der Waals surface area contributed by atoms with Crippen molar-refractivity contribution in [2.24, 2.45) is 0 Å². The summed E-state index contributed by atoms with van der Waals surface area (Å²) in [6.07, 6.45) is 3.26. The van der Waals surface area contributed by atoms with E-state index < -0.39 is 15.8 Å². The van der Waals surface area contributed by atoms with E-state index in [9.17, 15) is 17.2 Å². The average Bonchev–Trinajstić information content (AvgIpc) is 2.91. The quantitative estimate of drug-likeness (QED) is 0.788.